The predicted molar refractivity (Wildman–Crippen MR) is 70.5 cm³/mol. The molecule has 7 heteroatoms. The molecule has 0 radical (unpaired) electrons. The largest absolute Gasteiger partial charge is 0.468 e. The van der Waals surface area contributed by atoms with Crippen LogP contribution >= 0.6 is 0 Å². The fraction of sp³-hybridized carbons (Fsp3) is 0.583. The highest BCUT2D eigenvalue weighted by Crippen LogP contribution is 1.92. The summed E-state index contributed by atoms with van der Waals surface area (Å²) in [6, 6.07) is -0.584. The molecule has 0 aromatic carbocycles. The molecular formula is C12H21N3O4. The van der Waals surface area contributed by atoms with Crippen LogP contribution in [0.4, 0.5) is 4.79 Å². The molecule has 0 rings (SSSR count). The molecule has 108 valence electrons. The molecule has 0 atom stereocenters. The molecule has 0 aliphatic carbocycles. The monoisotopic (exact) mass is 271 g/mol. The van der Waals surface area contributed by atoms with Gasteiger partial charge in [0.05, 0.1) is 20.2 Å². The number of hydrogen-bond donors (Lipinski definition) is 2. The van der Waals surface area contributed by atoms with Crippen LogP contribution in [0.15, 0.2) is 12.7 Å². The summed E-state index contributed by atoms with van der Waals surface area (Å²) < 4.78 is 4.54. The zero-order valence-corrected chi connectivity index (χ0v) is 11.4. The van der Waals surface area contributed by atoms with Crippen LogP contribution in [-0.2, 0) is 14.3 Å². The number of ether oxygens (including phenoxy) is 1. The Morgan fingerprint density at radius 2 is 2.00 bits per heavy atom. The van der Waals surface area contributed by atoms with Crippen molar-refractivity contribution in [1.29, 1.82) is 0 Å². The van der Waals surface area contributed by atoms with Gasteiger partial charge in [0.15, 0.2) is 0 Å². The average molecular weight is 271 g/mol. The van der Waals surface area contributed by atoms with Crippen molar-refractivity contribution in [3.05, 3.63) is 12.7 Å². The van der Waals surface area contributed by atoms with Gasteiger partial charge in [0.2, 0.25) is 5.91 Å². The van der Waals surface area contributed by atoms with Crippen LogP contribution in [0.3, 0.4) is 0 Å². The summed E-state index contributed by atoms with van der Waals surface area (Å²) in [7, 11) is 1.29. The number of methoxy groups -OCH3 is 1. The SMILES string of the molecule is C=CCNC(=O)NC(=O)CN(CCC)CC(=O)OC. The van der Waals surface area contributed by atoms with Gasteiger partial charge in [-0.15, -0.1) is 6.58 Å². The summed E-state index contributed by atoms with van der Waals surface area (Å²) in [5.41, 5.74) is 0. The van der Waals surface area contributed by atoms with E-state index in [1.165, 1.54) is 13.2 Å². The fourth-order valence-electron chi connectivity index (χ4n) is 1.36. The number of amides is 3. The van der Waals surface area contributed by atoms with Gasteiger partial charge < -0.3 is 10.1 Å². The van der Waals surface area contributed by atoms with E-state index in [9.17, 15) is 14.4 Å². The third-order valence-electron chi connectivity index (χ3n) is 2.15. The minimum atomic E-state index is -0.584. The zero-order chi connectivity index (χ0) is 14.7. The van der Waals surface area contributed by atoms with Crippen molar-refractivity contribution in [2.75, 3.05) is 33.3 Å². The maximum atomic E-state index is 11.6. The van der Waals surface area contributed by atoms with Gasteiger partial charge in [-0.1, -0.05) is 13.0 Å². The normalized spacial score (nSPS) is 9.84. The van der Waals surface area contributed by atoms with Gasteiger partial charge in [0, 0.05) is 6.54 Å². The minimum Gasteiger partial charge on any atom is -0.468 e. The Morgan fingerprint density at radius 3 is 2.53 bits per heavy atom. The second-order valence-electron chi connectivity index (χ2n) is 3.83. The van der Waals surface area contributed by atoms with E-state index in [1.807, 2.05) is 6.92 Å². The lowest BCUT2D eigenvalue weighted by Gasteiger charge is -2.19. The molecule has 7 nitrogen and oxygen atoms in total. The first-order valence-electron chi connectivity index (χ1n) is 6.01. The number of carbonyl (C=O) groups excluding carboxylic acids is 3. The Balaban J connectivity index is 4.18. The lowest BCUT2D eigenvalue weighted by Crippen LogP contribution is -2.45. The predicted octanol–water partition coefficient (Wildman–Crippen LogP) is -0.117. The Bertz CT molecular complexity index is 331. The molecule has 0 aromatic rings. The fourth-order valence-corrected chi connectivity index (χ4v) is 1.36. The summed E-state index contributed by atoms with van der Waals surface area (Å²) in [5.74, 6) is -0.892. The molecule has 0 spiro atoms. The van der Waals surface area contributed by atoms with E-state index in [4.69, 9.17) is 0 Å². The highest BCUT2D eigenvalue weighted by atomic mass is 16.5. The first-order valence-corrected chi connectivity index (χ1v) is 6.01. The van der Waals surface area contributed by atoms with Crippen molar-refractivity contribution in [2.45, 2.75) is 13.3 Å². The second kappa shape index (κ2) is 10.1. The first kappa shape index (κ1) is 17.1. The van der Waals surface area contributed by atoms with Crippen LogP contribution in [0, 0.1) is 0 Å². The number of esters is 1. The highest BCUT2D eigenvalue weighted by molar-refractivity contribution is 5.95. The van der Waals surface area contributed by atoms with Crippen molar-refractivity contribution < 1.29 is 19.1 Å². The van der Waals surface area contributed by atoms with Crippen molar-refractivity contribution in [1.82, 2.24) is 15.5 Å². The van der Waals surface area contributed by atoms with Crippen molar-refractivity contribution >= 4 is 17.9 Å². The van der Waals surface area contributed by atoms with E-state index in [1.54, 1.807) is 4.90 Å². The number of hydrogen-bond acceptors (Lipinski definition) is 5. The molecule has 0 aliphatic heterocycles. The van der Waals surface area contributed by atoms with E-state index in [0.717, 1.165) is 6.42 Å². The summed E-state index contributed by atoms with van der Waals surface area (Å²) in [6.07, 6.45) is 2.29. The molecule has 0 heterocycles. The quantitative estimate of drug-likeness (QED) is 0.475. The van der Waals surface area contributed by atoms with Crippen LogP contribution in [-0.4, -0.2) is 56.1 Å². The molecular weight excluding hydrogens is 250 g/mol. The third kappa shape index (κ3) is 8.78. The van der Waals surface area contributed by atoms with Gasteiger partial charge in [-0.2, -0.15) is 0 Å². The smallest absolute Gasteiger partial charge is 0.321 e. The lowest BCUT2D eigenvalue weighted by atomic mass is 10.4. The van der Waals surface area contributed by atoms with Crippen LogP contribution in [0.5, 0.6) is 0 Å². The molecule has 2 N–H and O–H groups in total. The van der Waals surface area contributed by atoms with Gasteiger partial charge in [-0.05, 0) is 13.0 Å². The lowest BCUT2D eigenvalue weighted by molar-refractivity contribution is -0.142. The van der Waals surface area contributed by atoms with Crippen molar-refractivity contribution in [3.8, 4) is 0 Å². The van der Waals surface area contributed by atoms with Gasteiger partial charge in [0.25, 0.3) is 0 Å². The average Bonchev–Trinajstić information content (AvgIpc) is 2.36. The van der Waals surface area contributed by atoms with Gasteiger partial charge in [-0.3, -0.25) is 19.8 Å². The van der Waals surface area contributed by atoms with Crippen LogP contribution in [0.25, 0.3) is 0 Å². The topological polar surface area (TPSA) is 87.7 Å². The van der Waals surface area contributed by atoms with Crippen LogP contribution < -0.4 is 10.6 Å². The van der Waals surface area contributed by atoms with E-state index in [0.29, 0.717) is 6.54 Å². The minimum absolute atomic E-state index is 0.0199. The van der Waals surface area contributed by atoms with Crippen LogP contribution in [0.2, 0.25) is 0 Å². The number of nitrogens with one attached hydrogen (secondary N) is 2. The molecule has 19 heavy (non-hydrogen) atoms. The molecule has 0 aromatic heterocycles. The Kier molecular flexibility index (Phi) is 9.07. The molecule has 0 bridgehead atoms. The molecule has 0 aliphatic rings. The van der Waals surface area contributed by atoms with Crippen LogP contribution in [0.1, 0.15) is 13.3 Å². The maximum absolute atomic E-state index is 11.6. The molecule has 0 unspecified atom stereocenters. The third-order valence-corrected chi connectivity index (χ3v) is 2.15. The summed E-state index contributed by atoms with van der Waals surface area (Å²) in [6.45, 7) is 6.20. The van der Waals surface area contributed by atoms with Gasteiger partial charge >= 0.3 is 12.0 Å². The number of carbonyl (C=O) groups is 3. The van der Waals surface area contributed by atoms with Gasteiger partial charge in [-0.25, -0.2) is 4.79 Å². The Hall–Kier alpha value is -1.89. The second-order valence-corrected chi connectivity index (χ2v) is 3.83. The standard InChI is InChI=1S/C12H21N3O4/c1-4-6-13-12(18)14-10(16)8-15(7-5-2)9-11(17)19-3/h4H,1,5-9H2,2-3H3,(H2,13,14,16,18). The highest BCUT2D eigenvalue weighted by Gasteiger charge is 2.15. The van der Waals surface area contributed by atoms with E-state index in [2.05, 4.69) is 21.9 Å². The van der Waals surface area contributed by atoms with Crippen molar-refractivity contribution in [2.24, 2.45) is 0 Å². The van der Waals surface area contributed by atoms with E-state index < -0.39 is 17.9 Å². The number of imide groups is 1. The zero-order valence-electron chi connectivity index (χ0n) is 11.4. The van der Waals surface area contributed by atoms with Crippen molar-refractivity contribution in [3.63, 3.8) is 0 Å². The Morgan fingerprint density at radius 1 is 1.32 bits per heavy atom. The summed E-state index contributed by atoms with van der Waals surface area (Å²) in [4.78, 5) is 35.6. The first-order chi connectivity index (χ1) is 9.03. The number of nitrogens with zero attached hydrogens (tertiary/aromatic N) is 1. The maximum Gasteiger partial charge on any atom is 0.321 e. The molecule has 0 fully saturated rings. The Labute approximate surface area is 113 Å². The molecule has 3 amide bonds. The number of rotatable bonds is 8. The molecule has 0 saturated heterocycles. The van der Waals surface area contributed by atoms with E-state index in [-0.39, 0.29) is 19.6 Å². The van der Waals surface area contributed by atoms with Gasteiger partial charge in [0.1, 0.15) is 0 Å². The van der Waals surface area contributed by atoms with E-state index >= 15 is 0 Å². The summed E-state index contributed by atoms with van der Waals surface area (Å²) in [5, 5.41) is 4.59. The summed E-state index contributed by atoms with van der Waals surface area (Å²) >= 11 is 0. The molecule has 0 saturated carbocycles. The number of urea groups is 1.